The molecule has 0 aromatic heterocycles. The van der Waals surface area contributed by atoms with E-state index in [0.717, 1.165) is 12.0 Å². The number of piperazine rings is 1. The largest absolute Gasteiger partial charge is 0.342 e. The van der Waals surface area contributed by atoms with Gasteiger partial charge >= 0.3 is 0 Å². The highest BCUT2D eigenvalue weighted by atomic mass is 35.5. The van der Waals surface area contributed by atoms with Crippen LogP contribution in [0.3, 0.4) is 0 Å². The van der Waals surface area contributed by atoms with E-state index in [-0.39, 0.29) is 17.2 Å². The van der Waals surface area contributed by atoms with Crippen LogP contribution in [0, 0.1) is 5.41 Å². The van der Waals surface area contributed by atoms with E-state index >= 15 is 0 Å². The van der Waals surface area contributed by atoms with Crippen molar-refractivity contribution in [3.05, 3.63) is 11.1 Å². The Morgan fingerprint density at radius 1 is 1.40 bits per heavy atom. The van der Waals surface area contributed by atoms with E-state index in [2.05, 4.69) is 5.32 Å². The Balaban J connectivity index is 3.07. The van der Waals surface area contributed by atoms with Gasteiger partial charge in [0.15, 0.2) is 0 Å². The summed E-state index contributed by atoms with van der Waals surface area (Å²) in [5, 5.41) is 2.88. The van der Waals surface area contributed by atoms with Crippen LogP contribution in [-0.2, 0) is 9.59 Å². The van der Waals surface area contributed by atoms with E-state index in [1.165, 1.54) is 5.54 Å². The minimum absolute atomic E-state index is 0.0200. The molecule has 20 heavy (non-hydrogen) atoms. The van der Waals surface area contributed by atoms with Crippen LogP contribution in [-0.4, -0.2) is 35.3 Å². The summed E-state index contributed by atoms with van der Waals surface area (Å²) in [4.78, 5) is 26.7. The van der Waals surface area contributed by atoms with Crippen molar-refractivity contribution in [3.63, 3.8) is 0 Å². The highest BCUT2D eigenvalue weighted by molar-refractivity contribution is 6.25. The van der Waals surface area contributed by atoms with Crippen LogP contribution in [0.15, 0.2) is 11.1 Å². The average Bonchev–Trinajstić information content (AvgIpc) is 2.36. The third-order valence-electron chi connectivity index (χ3n) is 3.53. The van der Waals surface area contributed by atoms with Crippen LogP contribution in [0.2, 0.25) is 0 Å². The number of hydrogen-bond donors (Lipinski definition) is 1. The molecule has 5 heteroatoms. The fraction of sp³-hybridized carbons (Fsp3) is 0.733. The van der Waals surface area contributed by atoms with Gasteiger partial charge in [0.25, 0.3) is 0 Å². The van der Waals surface area contributed by atoms with Gasteiger partial charge in [-0.05, 0) is 24.3 Å². The topological polar surface area (TPSA) is 49.4 Å². The first-order valence-electron chi connectivity index (χ1n) is 7.09. The van der Waals surface area contributed by atoms with Crippen molar-refractivity contribution in [3.8, 4) is 0 Å². The molecule has 4 nitrogen and oxygen atoms in total. The van der Waals surface area contributed by atoms with Crippen LogP contribution in [0.4, 0.5) is 0 Å². The van der Waals surface area contributed by atoms with Crippen molar-refractivity contribution >= 4 is 23.4 Å². The van der Waals surface area contributed by atoms with Crippen LogP contribution in [0.5, 0.6) is 0 Å². The lowest BCUT2D eigenvalue weighted by atomic mass is 9.83. The molecule has 2 amide bonds. The van der Waals surface area contributed by atoms with Gasteiger partial charge in [-0.3, -0.25) is 9.59 Å². The van der Waals surface area contributed by atoms with E-state index in [0.29, 0.717) is 13.0 Å². The van der Waals surface area contributed by atoms with Gasteiger partial charge in [-0.25, -0.2) is 0 Å². The molecule has 114 valence electrons. The molecule has 0 aromatic carbocycles. The van der Waals surface area contributed by atoms with E-state index in [9.17, 15) is 9.59 Å². The zero-order valence-corrected chi connectivity index (χ0v) is 13.8. The zero-order chi connectivity index (χ0) is 15.5. The highest BCUT2D eigenvalue weighted by Gasteiger charge is 2.44. The molecule has 1 fully saturated rings. The van der Waals surface area contributed by atoms with Crippen LogP contribution >= 0.6 is 11.6 Å². The molecule has 1 N–H and O–H groups in total. The smallest absolute Gasteiger partial charge is 0.246 e. The van der Waals surface area contributed by atoms with Gasteiger partial charge in [0.2, 0.25) is 11.8 Å². The van der Waals surface area contributed by atoms with Crippen molar-refractivity contribution in [2.24, 2.45) is 5.41 Å². The lowest BCUT2D eigenvalue weighted by molar-refractivity contribution is -0.152. The third kappa shape index (κ3) is 3.75. The quantitative estimate of drug-likeness (QED) is 0.868. The van der Waals surface area contributed by atoms with Crippen LogP contribution < -0.4 is 5.32 Å². The third-order valence-corrected chi connectivity index (χ3v) is 3.90. The number of halogens is 1. The number of amides is 2. The number of rotatable bonds is 4. The summed E-state index contributed by atoms with van der Waals surface area (Å²) >= 11 is 5.71. The van der Waals surface area contributed by atoms with Crippen molar-refractivity contribution < 1.29 is 9.59 Å². The Labute approximate surface area is 126 Å². The van der Waals surface area contributed by atoms with Crippen molar-refractivity contribution in [2.45, 2.75) is 59.5 Å². The Bertz CT molecular complexity index is 413. The minimum atomic E-state index is -0.480. The Kier molecular flexibility index (Phi) is 5.63. The maximum Gasteiger partial charge on any atom is 0.246 e. The lowest BCUT2D eigenvalue weighted by Gasteiger charge is -2.43. The predicted molar refractivity (Wildman–Crippen MR) is 81.4 cm³/mol. The minimum Gasteiger partial charge on any atom is -0.342 e. The molecule has 0 radical (unpaired) electrons. The first kappa shape index (κ1) is 17.0. The monoisotopic (exact) mass is 300 g/mol. The summed E-state index contributed by atoms with van der Waals surface area (Å²) < 4.78 is 0. The van der Waals surface area contributed by atoms with Gasteiger partial charge in [-0.15, -0.1) is 0 Å². The van der Waals surface area contributed by atoms with Crippen molar-refractivity contribution in [1.29, 1.82) is 0 Å². The fourth-order valence-electron chi connectivity index (χ4n) is 2.40. The van der Waals surface area contributed by atoms with Crippen LogP contribution in [0.25, 0.3) is 0 Å². The van der Waals surface area contributed by atoms with Gasteiger partial charge in [0.1, 0.15) is 12.1 Å². The zero-order valence-electron chi connectivity index (χ0n) is 13.0. The lowest BCUT2D eigenvalue weighted by Crippen LogP contribution is -2.66. The van der Waals surface area contributed by atoms with Crippen molar-refractivity contribution in [2.75, 3.05) is 6.54 Å². The second kappa shape index (κ2) is 6.61. The SMILES string of the molecule is CCCC1C(=O)NC(C(C)(C)C)C(=O)N1CC(C)=CCl. The van der Waals surface area contributed by atoms with Gasteiger partial charge in [0.05, 0.1) is 0 Å². The van der Waals surface area contributed by atoms with Gasteiger partial charge in [-0.1, -0.05) is 45.7 Å². The average molecular weight is 301 g/mol. The Morgan fingerprint density at radius 3 is 2.45 bits per heavy atom. The molecule has 1 heterocycles. The molecule has 2 atom stereocenters. The van der Waals surface area contributed by atoms with E-state index in [1.54, 1.807) is 4.90 Å². The number of nitrogens with zero attached hydrogens (tertiary/aromatic N) is 1. The van der Waals surface area contributed by atoms with Gasteiger partial charge < -0.3 is 10.2 Å². The number of hydrogen-bond acceptors (Lipinski definition) is 2. The molecule has 2 unspecified atom stereocenters. The fourth-order valence-corrected chi connectivity index (χ4v) is 2.47. The summed E-state index contributed by atoms with van der Waals surface area (Å²) in [5.41, 5.74) is 2.04. The standard InChI is InChI=1S/C15H25ClN2O2/c1-6-7-11-13(19)17-12(15(3,4)5)14(20)18(11)9-10(2)8-16/h8,11-12H,6-7,9H2,1-5H3,(H,17,19). The summed E-state index contributed by atoms with van der Waals surface area (Å²) in [6, 6.07) is -0.871. The first-order valence-corrected chi connectivity index (χ1v) is 7.52. The second-order valence-corrected chi connectivity index (χ2v) is 6.75. The summed E-state index contributed by atoms with van der Waals surface area (Å²) in [6.45, 7) is 10.2. The molecule has 0 saturated carbocycles. The maximum atomic E-state index is 12.7. The molecule has 0 aliphatic carbocycles. The molecular formula is C15H25ClN2O2. The molecule has 0 aromatic rings. The van der Waals surface area contributed by atoms with Crippen LogP contribution in [0.1, 0.15) is 47.5 Å². The molecule has 1 saturated heterocycles. The number of carbonyl (C=O) groups excluding carboxylic acids is 2. The highest BCUT2D eigenvalue weighted by Crippen LogP contribution is 2.27. The summed E-state index contributed by atoms with van der Waals surface area (Å²) in [6.07, 6.45) is 1.52. The molecule has 0 bridgehead atoms. The predicted octanol–water partition coefficient (Wildman–Crippen LogP) is 2.67. The first-order chi connectivity index (χ1) is 9.22. The normalized spacial score (nSPS) is 24.9. The maximum absolute atomic E-state index is 12.7. The summed E-state index contributed by atoms with van der Waals surface area (Å²) in [5.74, 6) is -0.0813. The van der Waals surface area contributed by atoms with E-state index in [1.807, 2.05) is 34.6 Å². The second-order valence-electron chi connectivity index (χ2n) is 6.53. The molecule has 1 aliphatic rings. The number of nitrogens with one attached hydrogen (secondary N) is 1. The Hall–Kier alpha value is -1.03. The van der Waals surface area contributed by atoms with Gasteiger partial charge in [0, 0.05) is 12.1 Å². The van der Waals surface area contributed by atoms with E-state index < -0.39 is 12.1 Å². The summed E-state index contributed by atoms with van der Waals surface area (Å²) in [7, 11) is 0. The van der Waals surface area contributed by atoms with Gasteiger partial charge in [-0.2, -0.15) is 0 Å². The van der Waals surface area contributed by atoms with E-state index in [4.69, 9.17) is 11.6 Å². The molecule has 0 spiro atoms. The number of carbonyl (C=O) groups is 2. The molecule has 1 aliphatic heterocycles. The molecular weight excluding hydrogens is 276 g/mol. The Morgan fingerprint density at radius 2 is 2.00 bits per heavy atom. The molecule has 1 rings (SSSR count). The van der Waals surface area contributed by atoms with Crippen molar-refractivity contribution in [1.82, 2.24) is 10.2 Å².